The van der Waals surface area contributed by atoms with Crippen LogP contribution in [0, 0.1) is 5.92 Å². The van der Waals surface area contributed by atoms with Crippen molar-refractivity contribution in [1.82, 2.24) is 5.32 Å². The van der Waals surface area contributed by atoms with Gasteiger partial charge >= 0.3 is 0 Å². The van der Waals surface area contributed by atoms with Gasteiger partial charge in [-0.2, -0.15) is 0 Å². The summed E-state index contributed by atoms with van der Waals surface area (Å²) in [5.74, 6) is 0.889. The number of rotatable bonds is 6. The topological polar surface area (TPSA) is 70.6 Å². The molecule has 0 bridgehead atoms. The number of para-hydroxylation sites is 1. The van der Waals surface area contributed by atoms with Gasteiger partial charge in [0.1, 0.15) is 11.5 Å². The van der Waals surface area contributed by atoms with E-state index in [4.69, 9.17) is 17.0 Å². The number of phenolic OH excluding ortho intramolecular Hbond substituents is 1. The van der Waals surface area contributed by atoms with Crippen LogP contribution in [0.15, 0.2) is 48.5 Å². The Bertz CT molecular complexity index is 730. The average Bonchev–Trinajstić information content (AvgIpc) is 2.57. The molecule has 2 aromatic rings. The second-order valence-corrected chi connectivity index (χ2v) is 6.39. The van der Waals surface area contributed by atoms with E-state index < -0.39 is 0 Å². The summed E-state index contributed by atoms with van der Waals surface area (Å²) in [6.45, 7) is 4.79. The van der Waals surface area contributed by atoms with Crippen molar-refractivity contribution < 1.29 is 14.6 Å². The zero-order chi connectivity index (χ0) is 18.2. The van der Waals surface area contributed by atoms with Crippen LogP contribution in [-0.4, -0.2) is 22.7 Å². The van der Waals surface area contributed by atoms with Crippen LogP contribution in [0.1, 0.15) is 30.6 Å². The number of ether oxygens (including phenoxy) is 1. The van der Waals surface area contributed by atoms with Crippen molar-refractivity contribution in [3.63, 3.8) is 0 Å². The van der Waals surface area contributed by atoms with Crippen LogP contribution in [0.2, 0.25) is 0 Å². The minimum Gasteiger partial charge on any atom is -0.508 e. The van der Waals surface area contributed by atoms with Crippen LogP contribution in [0.25, 0.3) is 0 Å². The van der Waals surface area contributed by atoms with Gasteiger partial charge in [0.15, 0.2) is 5.11 Å². The summed E-state index contributed by atoms with van der Waals surface area (Å²) in [6.07, 6.45) is 0.913. The minimum atomic E-state index is -0.337. The van der Waals surface area contributed by atoms with Gasteiger partial charge in [-0.1, -0.05) is 26.0 Å². The monoisotopic (exact) mass is 358 g/mol. The predicted molar refractivity (Wildman–Crippen MR) is 103 cm³/mol. The molecule has 1 amide bonds. The molecule has 0 fully saturated rings. The highest BCUT2D eigenvalue weighted by atomic mass is 32.1. The largest absolute Gasteiger partial charge is 0.508 e. The predicted octanol–water partition coefficient (Wildman–Crippen LogP) is 3.94. The molecule has 0 saturated carbocycles. The van der Waals surface area contributed by atoms with Gasteiger partial charge in [-0.15, -0.1) is 0 Å². The molecule has 5 nitrogen and oxygen atoms in total. The molecule has 6 heteroatoms. The van der Waals surface area contributed by atoms with Crippen LogP contribution in [0.4, 0.5) is 5.69 Å². The first-order valence-corrected chi connectivity index (χ1v) is 8.49. The summed E-state index contributed by atoms with van der Waals surface area (Å²) >= 11 is 5.16. The van der Waals surface area contributed by atoms with Crippen molar-refractivity contribution in [2.75, 3.05) is 11.9 Å². The van der Waals surface area contributed by atoms with Gasteiger partial charge < -0.3 is 15.2 Å². The molecule has 0 aliphatic heterocycles. The number of thiocarbonyl (C=S) groups is 1. The number of carbonyl (C=O) groups excluding carboxylic acids is 1. The molecule has 3 N–H and O–H groups in total. The Morgan fingerprint density at radius 1 is 1.16 bits per heavy atom. The lowest BCUT2D eigenvalue weighted by Crippen LogP contribution is -2.34. The van der Waals surface area contributed by atoms with E-state index in [9.17, 15) is 9.90 Å². The van der Waals surface area contributed by atoms with Crippen LogP contribution in [0.3, 0.4) is 0 Å². The molecule has 0 heterocycles. The van der Waals surface area contributed by atoms with E-state index in [0.717, 1.165) is 6.42 Å². The Kier molecular flexibility index (Phi) is 6.77. The number of benzene rings is 2. The fraction of sp³-hybridized carbons (Fsp3) is 0.263. The Hall–Kier alpha value is -2.60. The Balaban J connectivity index is 1.97. The molecule has 0 radical (unpaired) electrons. The number of phenols is 1. The molecule has 0 atom stereocenters. The molecule has 0 aromatic heterocycles. The lowest BCUT2D eigenvalue weighted by molar-refractivity contribution is 0.0973. The van der Waals surface area contributed by atoms with Gasteiger partial charge in [-0.25, -0.2) is 0 Å². The highest BCUT2D eigenvalue weighted by molar-refractivity contribution is 7.80. The normalized spacial score (nSPS) is 10.4. The van der Waals surface area contributed by atoms with Gasteiger partial charge in [-0.3, -0.25) is 10.1 Å². The molecule has 0 aliphatic carbocycles. The Morgan fingerprint density at radius 3 is 2.52 bits per heavy atom. The van der Waals surface area contributed by atoms with Crippen LogP contribution in [-0.2, 0) is 0 Å². The van der Waals surface area contributed by atoms with Crippen LogP contribution < -0.4 is 15.4 Å². The molecule has 2 aromatic carbocycles. The fourth-order valence-corrected chi connectivity index (χ4v) is 2.27. The molecule has 0 unspecified atom stereocenters. The second-order valence-electron chi connectivity index (χ2n) is 5.98. The van der Waals surface area contributed by atoms with E-state index in [1.54, 1.807) is 30.3 Å². The zero-order valence-corrected chi connectivity index (χ0v) is 15.1. The van der Waals surface area contributed by atoms with Crippen molar-refractivity contribution in [2.45, 2.75) is 20.3 Å². The first-order chi connectivity index (χ1) is 12.0. The van der Waals surface area contributed by atoms with Crippen LogP contribution in [0.5, 0.6) is 11.5 Å². The summed E-state index contributed by atoms with van der Waals surface area (Å²) in [5.41, 5.74) is 1.10. The number of anilines is 1. The number of nitrogens with one attached hydrogen (secondary N) is 2. The number of carbonyl (C=O) groups is 1. The zero-order valence-electron chi connectivity index (χ0n) is 14.3. The highest BCUT2D eigenvalue weighted by Crippen LogP contribution is 2.19. The van der Waals surface area contributed by atoms with E-state index in [0.29, 0.717) is 29.5 Å². The van der Waals surface area contributed by atoms with Crippen molar-refractivity contribution in [2.24, 2.45) is 5.92 Å². The summed E-state index contributed by atoms with van der Waals surface area (Å²) in [6, 6.07) is 13.5. The molecule has 0 saturated heterocycles. The van der Waals surface area contributed by atoms with Crippen molar-refractivity contribution in [3.8, 4) is 11.5 Å². The second kappa shape index (κ2) is 9.03. The standard InChI is InChI=1S/C19H22N2O3S/c1-13(2)11-12-24-17-6-4-3-5-16(17)18(23)21-19(25)20-14-7-9-15(22)10-8-14/h3-10,13,22H,11-12H2,1-2H3,(H2,20,21,23,25). The maximum Gasteiger partial charge on any atom is 0.261 e. The van der Waals surface area contributed by atoms with Crippen molar-refractivity contribution in [3.05, 3.63) is 54.1 Å². The third-order valence-electron chi connectivity index (χ3n) is 3.44. The van der Waals surface area contributed by atoms with Gasteiger partial charge in [0.05, 0.1) is 12.2 Å². The summed E-state index contributed by atoms with van der Waals surface area (Å²) in [4.78, 5) is 12.5. The lowest BCUT2D eigenvalue weighted by Gasteiger charge is -2.13. The smallest absolute Gasteiger partial charge is 0.261 e. The van der Waals surface area contributed by atoms with Gasteiger partial charge in [0, 0.05) is 5.69 Å². The fourth-order valence-electron chi connectivity index (χ4n) is 2.06. The van der Waals surface area contributed by atoms with E-state index in [1.807, 2.05) is 6.07 Å². The minimum absolute atomic E-state index is 0.160. The maximum absolute atomic E-state index is 12.5. The Labute approximate surface area is 153 Å². The summed E-state index contributed by atoms with van der Waals surface area (Å²) in [7, 11) is 0. The first kappa shape index (κ1) is 18.7. The van der Waals surface area contributed by atoms with E-state index in [2.05, 4.69) is 24.5 Å². The SMILES string of the molecule is CC(C)CCOc1ccccc1C(=O)NC(=S)Nc1ccc(O)cc1. The number of amides is 1. The van der Waals surface area contributed by atoms with Crippen LogP contribution >= 0.6 is 12.2 Å². The molecule has 132 valence electrons. The van der Waals surface area contributed by atoms with E-state index in [1.165, 1.54) is 12.1 Å². The molecule has 25 heavy (non-hydrogen) atoms. The number of aromatic hydroxyl groups is 1. The summed E-state index contributed by atoms with van der Waals surface area (Å²) in [5, 5.41) is 15.0. The van der Waals surface area contributed by atoms with Crippen molar-refractivity contribution in [1.29, 1.82) is 0 Å². The van der Waals surface area contributed by atoms with Crippen molar-refractivity contribution >= 4 is 28.9 Å². The number of hydrogen-bond acceptors (Lipinski definition) is 4. The average molecular weight is 358 g/mol. The molecule has 2 rings (SSSR count). The maximum atomic E-state index is 12.5. The molecular formula is C19H22N2O3S. The summed E-state index contributed by atoms with van der Waals surface area (Å²) < 4.78 is 5.73. The molecular weight excluding hydrogens is 336 g/mol. The quantitative estimate of drug-likeness (QED) is 0.539. The van der Waals surface area contributed by atoms with Gasteiger partial charge in [-0.05, 0) is 61.0 Å². The first-order valence-electron chi connectivity index (χ1n) is 8.09. The highest BCUT2D eigenvalue weighted by Gasteiger charge is 2.13. The lowest BCUT2D eigenvalue weighted by atomic mass is 10.1. The molecule has 0 spiro atoms. The van der Waals surface area contributed by atoms with Gasteiger partial charge in [0.25, 0.3) is 5.91 Å². The molecule has 0 aliphatic rings. The van der Waals surface area contributed by atoms with Gasteiger partial charge in [0.2, 0.25) is 0 Å². The number of hydrogen-bond donors (Lipinski definition) is 3. The third kappa shape index (κ3) is 6.08. The van der Waals surface area contributed by atoms with E-state index >= 15 is 0 Å². The van der Waals surface area contributed by atoms with E-state index in [-0.39, 0.29) is 16.8 Å². The third-order valence-corrected chi connectivity index (χ3v) is 3.64. The Morgan fingerprint density at radius 2 is 1.84 bits per heavy atom.